The van der Waals surface area contributed by atoms with Crippen LogP contribution in [0.4, 0.5) is 5.82 Å². The number of allylic oxidation sites excluding steroid dienone is 4. The third-order valence-corrected chi connectivity index (χ3v) is 3.04. The topological polar surface area (TPSA) is 72.9 Å². The molecule has 0 radical (unpaired) electrons. The van der Waals surface area contributed by atoms with E-state index in [1.165, 1.54) is 6.33 Å². The molecule has 0 aliphatic rings. The maximum atomic E-state index is 12.3. The number of likely N-dealkylation sites (N-methyl/N-ethyl adjacent to an activating group) is 1. The van der Waals surface area contributed by atoms with Gasteiger partial charge in [-0.3, -0.25) is 4.79 Å². The van der Waals surface area contributed by atoms with Crippen LogP contribution in [0.1, 0.15) is 27.7 Å². The van der Waals surface area contributed by atoms with Gasteiger partial charge < -0.3 is 15.6 Å². The fourth-order valence-electron chi connectivity index (χ4n) is 1.85. The number of imidazole rings is 1. The molecule has 0 bridgehead atoms. The minimum Gasteiger partial charge on any atom is -0.382 e. The Morgan fingerprint density at radius 1 is 1.52 bits per heavy atom. The van der Waals surface area contributed by atoms with Gasteiger partial charge in [-0.15, -0.1) is 0 Å². The molecule has 1 atom stereocenters. The van der Waals surface area contributed by atoms with Gasteiger partial charge in [0.2, 0.25) is 5.91 Å². The van der Waals surface area contributed by atoms with Crippen molar-refractivity contribution in [3.63, 3.8) is 0 Å². The molecule has 0 saturated heterocycles. The summed E-state index contributed by atoms with van der Waals surface area (Å²) in [5.41, 5.74) is 5.44. The van der Waals surface area contributed by atoms with Crippen LogP contribution in [0, 0.1) is 0 Å². The molecule has 0 unspecified atom stereocenters. The number of carbonyl (C=O) groups excluding carboxylic acids is 1. The largest absolute Gasteiger partial charge is 0.382 e. The maximum Gasteiger partial charge on any atom is 0.250 e. The quantitative estimate of drug-likeness (QED) is 0.819. The molecule has 1 aromatic rings. The third-order valence-electron chi connectivity index (χ3n) is 3.04. The van der Waals surface area contributed by atoms with Gasteiger partial charge in [0.05, 0.1) is 6.33 Å². The molecule has 1 aromatic heterocycles. The van der Waals surface area contributed by atoms with E-state index in [1.54, 1.807) is 30.8 Å². The zero-order valence-electron chi connectivity index (χ0n) is 13.6. The van der Waals surface area contributed by atoms with Crippen molar-refractivity contribution in [2.24, 2.45) is 0 Å². The van der Waals surface area contributed by atoms with Gasteiger partial charge in [-0.25, -0.2) is 4.98 Å². The van der Waals surface area contributed by atoms with E-state index in [-0.39, 0.29) is 5.91 Å². The molecule has 0 aromatic carbocycles. The van der Waals surface area contributed by atoms with E-state index in [2.05, 4.69) is 16.9 Å². The van der Waals surface area contributed by atoms with Crippen molar-refractivity contribution in [3.05, 3.63) is 49.0 Å². The summed E-state index contributed by atoms with van der Waals surface area (Å²) in [6, 6.07) is 0. The molecule has 0 saturated carbocycles. The summed E-state index contributed by atoms with van der Waals surface area (Å²) in [5, 5.41) is 2.66. The highest BCUT2D eigenvalue weighted by atomic mass is 16.2. The van der Waals surface area contributed by atoms with Crippen molar-refractivity contribution in [1.29, 1.82) is 0 Å². The molecule has 1 rings (SSSR count). The average Bonchev–Trinajstić information content (AvgIpc) is 2.95. The van der Waals surface area contributed by atoms with Gasteiger partial charge in [0.15, 0.2) is 0 Å². The van der Waals surface area contributed by atoms with Crippen molar-refractivity contribution in [3.8, 4) is 0 Å². The van der Waals surface area contributed by atoms with E-state index in [0.717, 1.165) is 5.57 Å². The zero-order valence-corrected chi connectivity index (χ0v) is 13.6. The summed E-state index contributed by atoms with van der Waals surface area (Å²) in [5.74, 6) is 0.199. The first-order valence-corrected chi connectivity index (χ1v) is 6.98. The first-order valence-electron chi connectivity index (χ1n) is 6.98. The van der Waals surface area contributed by atoms with Crippen molar-refractivity contribution in [2.45, 2.75) is 33.2 Å². The van der Waals surface area contributed by atoms with Crippen molar-refractivity contribution < 1.29 is 4.79 Å². The summed E-state index contributed by atoms with van der Waals surface area (Å²) in [4.78, 5) is 16.3. The second kappa shape index (κ2) is 8.79. The van der Waals surface area contributed by atoms with Crippen LogP contribution in [0.25, 0.3) is 0 Å². The fourth-order valence-corrected chi connectivity index (χ4v) is 1.85. The number of hydrogen-bond donors (Lipinski definition) is 2. The lowest BCUT2D eigenvalue weighted by Crippen LogP contribution is -2.46. The predicted octanol–water partition coefficient (Wildman–Crippen LogP) is 2.64. The molecular weight excluding hydrogens is 264 g/mol. The molecule has 0 fully saturated rings. The lowest BCUT2D eigenvalue weighted by atomic mass is 9.89. The SMILES string of the molecule is C=C/C(=C\C=C/C)[C@](C)(C(=O)NC)n1cnc(N)c1.CC. The molecule has 116 valence electrons. The molecular formula is C16H26N4O. The van der Waals surface area contributed by atoms with Crippen LogP contribution in [0.2, 0.25) is 0 Å². The minimum absolute atomic E-state index is 0.166. The van der Waals surface area contributed by atoms with E-state index in [0.29, 0.717) is 5.82 Å². The van der Waals surface area contributed by atoms with Crippen LogP contribution in [0.15, 0.2) is 49.0 Å². The summed E-state index contributed by atoms with van der Waals surface area (Å²) in [6.45, 7) is 11.5. The Kier molecular flexibility index (Phi) is 7.83. The molecule has 5 nitrogen and oxygen atoms in total. The number of rotatable bonds is 5. The van der Waals surface area contributed by atoms with Gasteiger partial charge in [-0.2, -0.15) is 0 Å². The first kappa shape index (κ1) is 18.7. The Bertz CT molecular complexity index is 528. The van der Waals surface area contributed by atoms with Crippen molar-refractivity contribution in [2.75, 3.05) is 12.8 Å². The summed E-state index contributed by atoms with van der Waals surface area (Å²) < 4.78 is 1.68. The normalized spacial score (nSPS) is 14.0. The third kappa shape index (κ3) is 4.08. The van der Waals surface area contributed by atoms with E-state index in [9.17, 15) is 4.79 Å². The predicted molar refractivity (Wildman–Crippen MR) is 88.8 cm³/mol. The van der Waals surface area contributed by atoms with Gasteiger partial charge in [0.1, 0.15) is 11.4 Å². The molecule has 5 heteroatoms. The molecule has 0 aliphatic heterocycles. The summed E-state index contributed by atoms with van der Waals surface area (Å²) >= 11 is 0. The smallest absolute Gasteiger partial charge is 0.250 e. The fraction of sp³-hybridized carbons (Fsp3) is 0.375. The molecule has 0 spiro atoms. The minimum atomic E-state index is -0.944. The first-order chi connectivity index (χ1) is 10.00. The molecule has 0 aliphatic carbocycles. The Hall–Kier alpha value is -2.30. The number of nitrogens with two attached hydrogens (primary N) is 1. The Balaban J connectivity index is 0.00000191. The van der Waals surface area contributed by atoms with Crippen LogP contribution in [-0.4, -0.2) is 22.5 Å². The van der Waals surface area contributed by atoms with Crippen LogP contribution in [0.3, 0.4) is 0 Å². The molecule has 21 heavy (non-hydrogen) atoms. The molecule has 1 heterocycles. The number of nitrogen functional groups attached to an aromatic ring is 1. The highest BCUT2D eigenvalue weighted by Gasteiger charge is 2.37. The van der Waals surface area contributed by atoms with Gasteiger partial charge >= 0.3 is 0 Å². The summed E-state index contributed by atoms with van der Waals surface area (Å²) in [7, 11) is 1.59. The number of nitrogens with one attached hydrogen (secondary N) is 1. The van der Waals surface area contributed by atoms with E-state index < -0.39 is 5.54 Å². The average molecular weight is 290 g/mol. The van der Waals surface area contributed by atoms with Crippen LogP contribution < -0.4 is 11.1 Å². The summed E-state index contributed by atoms with van der Waals surface area (Å²) in [6.07, 6.45) is 10.4. The standard InChI is InChI=1S/C14H20N4O.C2H6/c1-5-7-8-11(6-2)14(3,13(19)16-4)18-9-12(15)17-10-18;1-2/h5-10H,2,15H2,1,3-4H3,(H,16,19);1-2H3/b7-5-,11-8+;/t14-;/m1./s1. The number of aromatic nitrogens is 2. The van der Waals surface area contributed by atoms with E-state index >= 15 is 0 Å². The lowest BCUT2D eigenvalue weighted by molar-refractivity contribution is -0.126. The zero-order chi connectivity index (χ0) is 16.5. The maximum absolute atomic E-state index is 12.3. The highest BCUT2D eigenvalue weighted by molar-refractivity contribution is 5.88. The Morgan fingerprint density at radius 2 is 2.14 bits per heavy atom. The Labute approximate surface area is 127 Å². The number of carbonyl (C=O) groups is 1. The van der Waals surface area contributed by atoms with Crippen LogP contribution in [-0.2, 0) is 10.3 Å². The van der Waals surface area contributed by atoms with Crippen LogP contribution >= 0.6 is 0 Å². The molecule has 3 N–H and O–H groups in total. The van der Waals surface area contributed by atoms with Crippen LogP contribution in [0.5, 0.6) is 0 Å². The van der Waals surface area contributed by atoms with Gasteiger partial charge in [-0.05, 0) is 19.4 Å². The number of hydrogen-bond acceptors (Lipinski definition) is 3. The Morgan fingerprint density at radius 3 is 2.52 bits per heavy atom. The van der Waals surface area contributed by atoms with E-state index in [1.807, 2.05) is 39.0 Å². The monoisotopic (exact) mass is 290 g/mol. The van der Waals surface area contributed by atoms with Gasteiger partial charge in [0, 0.05) is 13.2 Å². The van der Waals surface area contributed by atoms with Gasteiger partial charge in [-0.1, -0.05) is 44.7 Å². The lowest BCUT2D eigenvalue weighted by Gasteiger charge is -2.30. The number of anilines is 1. The number of amides is 1. The highest BCUT2D eigenvalue weighted by Crippen LogP contribution is 2.28. The second-order valence-electron chi connectivity index (χ2n) is 4.21. The molecule has 1 amide bonds. The number of nitrogens with zero attached hydrogens (tertiary/aromatic N) is 2. The van der Waals surface area contributed by atoms with Gasteiger partial charge in [0.25, 0.3) is 0 Å². The van der Waals surface area contributed by atoms with Crippen molar-refractivity contribution in [1.82, 2.24) is 14.9 Å². The van der Waals surface area contributed by atoms with E-state index in [4.69, 9.17) is 5.73 Å². The van der Waals surface area contributed by atoms with Crippen molar-refractivity contribution >= 4 is 11.7 Å². The second-order valence-corrected chi connectivity index (χ2v) is 4.21.